The molecule has 2 nitrogen and oxygen atoms in total. The highest BCUT2D eigenvalue weighted by Crippen LogP contribution is 2.20. The number of nitrogens with one attached hydrogen (secondary N) is 1. The Hall–Kier alpha value is -1.49. The second kappa shape index (κ2) is 3.71. The summed E-state index contributed by atoms with van der Waals surface area (Å²) >= 11 is 0. The summed E-state index contributed by atoms with van der Waals surface area (Å²) in [7, 11) is 0. The van der Waals surface area contributed by atoms with Crippen molar-refractivity contribution in [2.24, 2.45) is 0 Å². The maximum Gasteiger partial charge on any atom is 0.119 e. The predicted octanol–water partition coefficient (Wildman–Crippen LogP) is 3.02. The van der Waals surface area contributed by atoms with Crippen molar-refractivity contribution >= 4 is 5.69 Å². The summed E-state index contributed by atoms with van der Waals surface area (Å²) in [5.41, 5.74) is 2.89. The third-order valence-corrected chi connectivity index (χ3v) is 2.12. The van der Waals surface area contributed by atoms with E-state index in [-0.39, 0.29) is 0 Å². The monoisotopic (exact) mass is 188 g/mol. The van der Waals surface area contributed by atoms with E-state index in [1.165, 1.54) is 11.1 Å². The summed E-state index contributed by atoms with van der Waals surface area (Å²) in [5, 5.41) is 12.1. The maximum absolute atomic E-state index is 8.90. The second-order valence-electron chi connectivity index (χ2n) is 4.18. The molecule has 0 aliphatic rings. The van der Waals surface area contributed by atoms with Gasteiger partial charge in [-0.2, -0.15) is 5.26 Å². The van der Waals surface area contributed by atoms with Crippen LogP contribution in [-0.2, 0) is 0 Å². The average Bonchev–Trinajstić information content (AvgIpc) is 2.11. The first-order valence-corrected chi connectivity index (χ1v) is 4.71. The van der Waals surface area contributed by atoms with Gasteiger partial charge in [-0.3, -0.25) is 0 Å². The van der Waals surface area contributed by atoms with E-state index in [1.54, 1.807) is 0 Å². The summed E-state index contributed by atoms with van der Waals surface area (Å²) in [4.78, 5) is 0. The van der Waals surface area contributed by atoms with Crippen molar-refractivity contribution in [1.82, 2.24) is 0 Å². The van der Waals surface area contributed by atoms with Crippen molar-refractivity contribution in [3.63, 3.8) is 0 Å². The molecule has 0 aliphatic carbocycles. The molecule has 2 heteroatoms. The van der Waals surface area contributed by atoms with Crippen LogP contribution in [0, 0.1) is 25.2 Å². The lowest BCUT2D eigenvalue weighted by molar-refractivity contribution is 0.727. The SMILES string of the molecule is Cc1ccc(C)c(NC(C)(C)C#N)c1. The average molecular weight is 188 g/mol. The summed E-state index contributed by atoms with van der Waals surface area (Å²) in [6.07, 6.45) is 0. The molecular formula is C12H16N2. The molecule has 0 aromatic heterocycles. The molecule has 0 aliphatic heterocycles. The fourth-order valence-corrected chi connectivity index (χ4v) is 1.24. The van der Waals surface area contributed by atoms with Crippen LogP contribution < -0.4 is 5.32 Å². The highest BCUT2D eigenvalue weighted by molar-refractivity contribution is 5.55. The van der Waals surface area contributed by atoms with E-state index >= 15 is 0 Å². The van der Waals surface area contributed by atoms with Crippen LogP contribution in [0.5, 0.6) is 0 Å². The first-order valence-electron chi connectivity index (χ1n) is 4.71. The van der Waals surface area contributed by atoms with Gasteiger partial charge in [0.15, 0.2) is 0 Å². The number of anilines is 1. The molecule has 1 rings (SSSR count). The van der Waals surface area contributed by atoms with E-state index in [9.17, 15) is 0 Å². The molecule has 14 heavy (non-hydrogen) atoms. The minimum Gasteiger partial charge on any atom is -0.368 e. The fourth-order valence-electron chi connectivity index (χ4n) is 1.24. The molecule has 0 saturated carbocycles. The molecule has 1 aromatic carbocycles. The minimum atomic E-state index is -0.515. The summed E-state index contributed by atoms with van der Waals surface area (Å²) < 4.78 is 0. The van der Waals surface area contributed by atoms with Crippen LogP contribution in [0.15, 0.2) is 18.2 Å². The molecule has 0 amide bonds. The summed E-state index contributed by atoms with van der Waals surface area (Å²) in [6, 6.07) is 8.42. The van der Waals surface area contributed by atoms with E-state index in [1.807, 2.05) is 27.7 Å². The van der Waals surface area contributed by atoms with Crippen molar-refractivity contribution in [3.8, 4) is 6.07 Å². The fraction of sp³-hybridized carbons (Fsp3) is 0.417. The number of hydrogen-bond donors (Lipinski definition) is 1. The predicted molar refractivity (Wildman–Crippen MR) is 59.2 cm³/mol. The van der Waals surface area contributed by atoms with Gasteiger partial charge in [0.05, 0.1) is 6.07 Å². The molecule has 0 fully saturated rings. The van der Waals surface area contributed by atoms with Gasteiger partial charge in [-0.15, -0.1) is 0 Å². The highest BCUT2D eigenvalue weighted by Gasteiger charge is 2.16. The Morgan fingerprint density at radius 3 is 2.50 bits per heavy atom. The van der Waals surface area contributed by atoms with Gasteiger partial charge in [-0.1, -0.05) is 12.1 Å². The van der Waals surface area contributed by atoms with Gasteiger partial charge >= 0.3 is 0 Å². The largest absolute Gasteiger partial charge is 0.368 e. The Bertz CT molecular complexity index is 372. The Morgan fingerprint density at radius 1 is 1.29 bits per heavy atom. The van der Waals surface area contributed by atoms with E-state index in [2.05, 4.69) is 29.6 Å². The number of nitrogens with zero attached hydrogens (tertiary/aromatic N) is 1. The Labute approximate surface area is 85.6 Å². The second-order valence-corrected chi connectivity index (χ2v) is 4.18. The van der Waals surface area contributed by atoms with Crippen LogP contribution in [0.3, 0.4) is 0 Å². The van der Waals surface area contributed by atoms with Gasteiger partial charge in [-0.05, 0) is 44.9 Å². The quantitative estimate of drug-likeness (QED) is 0.774. The first-order chi connectivity index (χ1) is 6.44. The van der Waals surface area contributed by atoms with E-state index in [0.717, 1.165) is 5.69 Å². The lowest BCUT2D eigenvalue weighted by atomic mass is 10.0. The minimum absolute atomic E-state index is 0.515. The molecule has 0 spiro atoms. The molecule has 74 valence electrons. The number of aryl methyl sites for hydroxylation is 2. The number of benzene rings is 1. The summed E-state index contributed by atoms with van der Waals surface area (Å²) in [6.45, 7) is 7.82. The Kier molecular flexibility index (Phi) is 2.81. The number of hydrogen-bond acceptors (Lipinski definition) is 2. The van der Waals surface area contributed by atoms with Crippen LogP contribution >= 0.6 is 0 Å². The molecule has 0 heterocycles. The van der Waals surface area contributed by atoms with Crippen molar-refractivity contribution in [2.75, 3.05) is 5.32 Å². The normalized spacial score (nSPS) is 10.8. The number of rotatable bonds is 2. The van der Waals surface area contributed by atoms with Crippen molar-refractivity contribution in [2.45, 2.75) is 33.2 Å². The maximum atomic E-state index is 8.90. The van der Waals surface area contributed by atoms with Gasteiger partial charge in [0.25, 0.3) is 0 Å². The van der Waals surface area contributed by atoms with Crippen LogP contribution in [0.4, 0.5) is 5.69 Å². The zero-order valence-corrected chi connectivity index (χ0v) is 9.18. The molecule has 0 unspecified atom stereocenters. The molecular weight excluding hydrogens is 172 g/mol. The van der Waals surface area contributed by atoms with Crippen LogP contribution in [0.2, 0.25) is 0 Å². The molecule has 1 N–H and O–H groups in total. The third-order valence-electron chi connectivity index (χ3n) is 2.12. The highest BCUT2D eigenvalue weighted by atomic mass is 15.0. The standard InChI is InChI=1S/C12H16N2/c1-9-5-6-10(2)11(7-9)14-12(3,4)8-13/h5-7,14H,1-4H3. The zero-order valence-electron chi connectivity index (χ0n) is 9.18. The first kappa shape index (κ1) is 10.6. The van der Waals surface area contributed by atoms with Gasteiger partial charge in [-0.25, -0.2) is 0 Å². The van der Waals surface area contributed by atoms with Crippen molar-refractivity contribution in [3.05, 3.63) is 29.3 Å². The van der Waals surface area contributed by atoms with Gasteiger partial charge < -0.3 is 5.32 Å². The zero-order chi connectivity index (χ0) is 10.8. The topological polar surface area (TPSA) is 35.8 Å². The smallest absolute Gasteiger partial charge is 0.119 e. The Morgan fingerprint density at radius 2 is 1.93 bits per heavy atom. The van der Waals surface area contributed by atoms with Crippen LogP contribution in [-0.4, -0.2) is 5.54 Å². The van der Waals surface area contributed by atoms with Crippen molar-refractivity contribution in [1.29, 1.82) is 5.26 Å². The Balaban J connectivity index is 2.98. The van der Waals surface area contributed by atoms with Crippen LogP contribution in [0.25, 0.3) is 0 Å². The van der Waals surface area contributed by atoms with E-state index in [0.29, 0.717) is 0 Å². The summed E-state index contributed by atoms with van der Waals surface area (Å²) in [5.74, 6) is 0. The molecule has 0 saturated heterocycles. The van der Waals surface area contributed by atoms with Gasteiger partial charge in [0.2, 0.25) is 0 Å². The molecule has 1 aromatic rings. The third kappa shape index (κ3) is 2.50. The number of nitriles is 1. The van der Waals surface area contributed by atoms with Gasteiger partial charge in [0.1, 0.15) is 5.54 Å². The van der Waals surface area contributed by atoms with Crippen LogP contribution in [0.1, 0.15) is 25.0 Å². The van der Waals surface area contributed by atoms with Gasteiger partial charge in [0, 0.05) is 5.69 Å². The molecule has 0 radical (unpaired) electrons. The molecule has 0 bridgehead atoms. The lowest BCUT2D eigenvalue weighted by Gasteiger charge is -2.20. The lowest BCUT2D eigenvalue weighted by Crippen LogP contribution is -2.28. The van der Waals surface area contributed by atoms with E-state index < -0.39 is 5.54 Å². The van der Waals surface area contributed by atoms with E-state index in [4.69, 9.17) is 5.26 Å². The van der Waals surface area contributed by atoms with Crippen molar-refractivity contribution < 1.29 is 0 Å². The molecule has 0 atom stereocenters.